The monoisotopic (exact) mass is 1610 g/mol. The molecule has 16 aromatic carbocycles. The summed E-state index contributed by atoms with van der Waals surface area (Å²) in [5.41, 5.74) is 21.8. The molecule has 1 aliphatic carbocycles. The lowest BCUT2D eigenvalue weighted by Crippen LogP contribution is -2.14. The van der Waals surface area contributed by atoms with E-state index in [1.807, 2.05) is 181 Å². The van der Waals surface area contributed by atoms with Crippen molar-refractivity contribution in [3.8, 4) is 96.9 Å². The fraction of sp³-hybridized carbons (Fsp3) is 0.0275. The summed E-state index contributed by atoms with van der Waals surface area (Å²) in [4.78, 5) is 39.9. The predicted octanol–water partition coefficient (Wildman–Crippen LogP) is 28.5. The summed E-state index contributed by atoms with van der Waals surface area (Å²) >= 11 is 3.71. The highest BCUT2D eigenvalue weighted by atomic mass is 32.1. The Labute approximate surface area is 712 Å². The summed E-state index contributed by atoms with van der Waals surface area (Å²) < 4.78 is 18.2. The van der Waals surface area contributed by atoms with Gasteiger partial charge in [0.1, 0.15) is 11.2 Å². The summed E-state index contributed by atoms with van der Waals surface area (Å²) in [6.07, 6.45) is 1.89. The lowest BCUT2D eigenvalue weighted by atomic mass is 9.81. The molecular weight excluding hydrogens is 1540 g/mol. The van der Waals surface area contributed by atoms with E-state index in [9.17, 15) is 0 Å². The van der Waals surface area contributed by atoms with E-state index in [1.165, 1.54) is 95.3 Å². The molecule has 0 amide bonds. The van der Waals surface area contributed by atoms with Gasteiger partial charge in [-0.3, -0.25) is 13.7 Å². The Balaban J connectivity index is 0.000000105. The van der Waals surface area contributed by atoms with E-state index in [2.05, 4.69) is 252 Å². The Hall–Kier alpha value is -15.7. The lowest BCUT2D eigenvalue weighted by molar-refractivity contribution is 0.660. The van der Waals surface area contributed by atoms with Gasteiger partial charge in [0.2, 0.25) is 17.8 Å². The van der Waals surface area contributed by atoms with Crippen molar-refractivity contribution >= 4 is 150 Å². The van der Waals surface area contributed by atoms with Crippen molar-refractivity contribution in [3.05, 3.63) is 393 Å². The second-order valence-corrected chi connectivity index (χ2v) is 33.7. The summed E-state index contributed by atoms with van der Waals surface area (Å²) in [5.74, 6) is 4.43. The van der Waals surface area contributed by atoms with E-state index in [0.717, 1.165) is 99.3 Å². The molecule has 123 heavy (non-hydrogen) atoms. The molecule has 0 radical (unpaired) electrons. The average molecular weight is 1610 g/mol. The lowest BCUT2D eigenvalue weighted by Gasteiger charge is -2.22. The van der Waals surface area contributed by atoms with Crippen LogP contribution in [0.5, 0.6) is 0 Å². The minimum absolute atomic E-state index is 0.0369. The number of fused-ring (bicyclic) bond motifs is 24. The molecular formula is C109H69N11OS2. The zero-order valence-corrected chi connectivity index (χ0v) is 68.2. The van der Waals surface area contributed by atoms with Crippen molar-refractivity contribution in [3.63, 3.8) is 0 Å². The van der Waals surface area contributed by atoms with Crippen molar-refractivity contribution in [1.82, 2.24) is 53.6 Å². The van der Waals surface area contributed by atoms with E-state index in [4.69, 9.17) is 44.3 Å². The van der Waals surface area contributed by atoms with Crippen LogP contribution in [0.1, 0.15) is 25.0 Å². The third kappa shape index (κ3) is 11.8. The van der Waals surface area contributed by atoms with Gasteiger partial charge in [0.05, 0.1) is 44.2 Å². The van der Waals surface area contributed by atoms with Crippen LogP contribution in [0, 0.1) is 0 Å². The molecule has 0 atom stereocenters. The van der Waals surface area contributed by atoms with E-state index in [0.29, 0.717) is 41.1 Å². The number of hydrogen-bond acceptors (Lipinski definition) is 11. The van der Waals surface area contributed by atoms with Gasteiger partial charge in [0.15, 0.2) is 23.3 Å². The first kappa shape index (κ1) is 71.4. The van der Waals surface area contributed by atoms with Crippen LogP contribution in [0.4, 0.5) is 0 Å². The van der Waals surface area contributed by atoms with Crippen molar-refractivity contribution in [2.24, 2.45) is 0 Å². The number of hydrogen-bond donors (Lipinski definition) is 0. The molecule has 0 unspecified atom stereocenters. The third-order valence-corrected chi connectivity index (χ3v) is 26.6. The molecule has 0 aliphatic heterocycles. The Morgan fingerprint density at radius 1 is 0.260 bits per heavy atom. The summed E-state index contributed by atoms with van der Waals surface area (Å²) in [7, 11) is 0. The molecule has 0 fully saturated rings. The number of rotatable bonds is 9. The van der Waals surface area contributed by atoms with Gasteiger partial charge in [-0.15, -0.1) is 22.7 Å². The number of furan rings is 1. The normalized spacial score (nSPS) is 12.4. The van der Waals surface area contributed by atoms with Gasteiger partial charge >= 0.3 is 0 Å². The van der Waals surface area contributed by atoms with Gasteiger partial charge in [0, 0.05) is 117 Å². The molecule has 26 rings (SSSR count). The van der Waals surface area contributed by atoms with Crippen molar-refractivity contribution < 1.29 is 4.42 Å². The second-order valence-electron chi connectivity index (χ2n) is 31.6. The Bertz CT molecular complexity index is 8130. The molecule has 0 bridgehead atoms. The Kier molecular flexibility index (Phi) is 16.7. The number of nitrogens with zero attached hydrogens (tertiary/aromatic N) is 11. The van der Waals surface area contributed by atoms with E-state index >= 15 is 0 Å². The molecule has 9 aromatic heterocycles. The van der Waals surface area contributed by atoms with Gasteiger partial charge in [-0.25, -0.2) is 19.9 Å². The molecule has 0 saturated heterocycles. The highest BCUT2D eigenvalue weighted by molar-refractivity contribution is 7.27. The molecule has 14 heteroatoms. The maximum atomic E-state index is 6.44. The zero-order chi connectivity index (χ0) is 81.4. The maximum Gasteiger partial charge on any atom is 0.238 e. The molecule has 0 saturated carbocycles. The summed E-state index contributed by atoms with van der Waals surface area (Å²) in [6.45, 7) is 4.67. The zero-order valence-electron chi connectivity index (χ0n) is 66.5. The molecule has 1 aliphatic rings. The molecule has 0 N–H and O–H groups in total. The molecule has 578 valence electrons. The third-order valence-electron chi connectivity index (χ3n) is 24.2. The topological polar surface area (TPSA) is 131 Å². The number of aromatic nitrogens is 11. The van der Waals surface area contributed by atoms with Crippen molar-refractivity contribution in [2.45, 2.75) is 19.3 Å². The smallest absolute Gasteiger partial charge is 0.238 e. The maximum absolute atomic E-state index is 6.44. The first-order chi connectivity index (χ1) is 60.8. The molecule has 9 heterocycles. The standard InChI is InChI=1S/C43H29N3S.C33H20N4O.C33H20N4S/c1-43(2)34-15-6-3-12-29(34)30-19-18-27(25-35(30)43)26-10-9-11-28(24-26)36-22-23-44-42(45-36)46-37-16-7-4-14-33(37)40-38(46)21-20-32-31-13-5-8-17-39(31)47-41(32)40;2*1-3-11-21(12-4-1)31-34-32(22-13-5-2-6-14-22)36-33(35-31)37-26-17-9-7-16-25(26)29-27(37)20-19-24-23-15-8-10-18-28(23)38-30(24)29/h3-25H,1-2H3;2*1-20H. The van der Waals surface area contributed by atoms with E-state index in [-0.39, 0.29) is 5.41 Å². The molecule has 12 nitrogen and oxygen atoms in total. The van der Waals surface area contributed by atoms with Gasteiger partial charge in [0.25, 0.3) is 0 Å². The van der Waals surface area contributed by atoms with Gasteiger partial charge in [-0.2, -0.15) is 19.9 Å². The van der Waals surface area contributed by atoms with Crippen molar-refractivity contribution in [1.29, 1.82) is 0 Å². The van der Waals surface area contributed by atoms with Gasteiger partial charge in [-0.05, 0) is 112 Å². The van der Waals surface area contributed by atoms with Crippen LogP contribution in [-0.4, -0.2) is 53.6 Å². The fourth-order valence-corrected chi connectivity index (χ4v) is 21.0. The van der Waals surface area contributed by atoms with E-state index < -0.39 is 0 Å². The van der Waals surface area contributed by atoms with Crippen LogP contribution in [-0.2, 0) is 5.41 Å². The summed E-state index contributed by atoms with van der Waals surface area (Å²) in [5, 5.41) is 14.5. The van der Waals surface area contributed by atoms with Crippen molar-refractivity contribution in [2.75, 3.05) is 0 Å². The minimum atomic E-state index is -0.0369. The predicted molar refractivity (Wildman–Crippen MR) is 508 cm³/mol. The molecule has 0 spiro atoms. The number of benzene rings is 16. The van der Waals surface area contributed by atoms with Gasteiger partial charge in [-0.1, -0.05) is 311 Å². The first-order valence-electron chi connectivity index (χ1n) is 41.2. The quantitative estimate of drug-likeness (QED) is 0.139. The average Bonchev–Trinajstić information content (AvgIpc) is 1.57. The molecule has 25 aromatic rings. The highest BCUT2D eigenvalue weighted by Crippen LogP contribution is 2.51. The van der Waals surface area contributed by atoms with Crippen LogP contribution in [0.2, 0.25) is 0 Å². The number of para-hydroxylation sites is 4. The van der Waals surface area contributed by atoms with Crippen LogP contribution < -0.4 is 0 Å². The number of thiophene rings is 2. The van der Waals surface area contributed by atoms with Crippen LogP contribution in [0.25, 0.3) is 225 Å². The first-order valence-corrected chi connectivity index (χ1v) is 42.8. The van der Waals surface area contributed by atoms with Gasteiger partial charge < -0.3 is 4.42 Å². The largest absolute Gasteiger partial charge is 0.455 e. The van der Waals surface area contributed by atoms with Crippen LogP contribution >= 0.6 is 22.7 Å². The second kappa shape index (κ2) is 28.8. The highest BCUT2D eigenvalue weighted by Gasteiger charge is 2.36. The van der Waals surface area contributed by atoms with Crippen LogP contribution in [0.3, 0.4) is 0 Å². The summed E-state index contributed by atoms with van der Waals surface area (Å²) in [6, 6.07) is 131. The van der Waals surface area contributed by atoms with E-state index in [1.54, 1.807) is 0 Å². The Morgan fingerprint density at radius 2 is 0.659 bits per heavy atom. The fourth-order valence-electron chi connectivity index (χ4n) is 18.5. The minimum Gasteiger partial charge on any atom is -0.455 e. The Morgan fingerprint density at radius 3 is 1.19 bits per heavy atom. The van der Waals surface area contributed by atoms with Crippen LogP contribution in [0.15, 0.2) is 387 Å². The SMILES string of the molecule is CC1(C)c2ccccc2-c2ccc(-c3cccc(-c4ccnc(-n5c6ccccc6c6c7sc8ccccc8c7ccc65)n4)c3)cc21.c1ccc(-c2nc(-c3ccccc3)nc(-n3c4ccccc4c4c5oc6ccccc6c5ccc43)n2)cc1.c1ccc(-c2nc(-c3ccccc3)nc(-n3c4ccccc4c4c5sc6ccccc6c5ccc43)n2)cc1.